The summed E-state index contributed by atoms with van der Waals surface area (Å²) in [6.07, 6.45) is 1.99. The second-order valence-electron chi connectivity index (χ2n) is 5.61. The topological polar surface area (TPSA) is 68.1 Å². The van der Waals surface area contributed by atoms with Crippen LogP contribution in [0, 0.1) is 0 Å². The van der Waals surface area contributed by atoms with Gasteiger partial charge in [-0.2, -0.15) is 9.61 Å². The molecule has 3 aromatic heterocycles. The predicted octanol–water partition coefficient (Wildman–Crippen LogP) is 4.01. The summed E-state index contributed by atoms with van der Waals surface area (Å²) in [6, 6.07) is 15.9. The van der Waals surface area contributed by atoms with Crippen LogP contribution in [0.2, 0.25) is 0 Å². The number of aromatic nitrogens is 5. The third-order valence-electron chi connectivity index (χ3n) is 4.14. The summed E-state index contributed by atoms with van der Waals surface area (Å²) in [5, 5.41) is 15.4. The van der Waals surface area contributed by atoms with Crippen molar-refractivity contribution in [3.8, 4) is 27.7 Å². The molecule has 5 rings (SSSR count). The smallest absolute Gasteiger partial charge is 0.235 e. The molecule has 0 fully saturated rings. The Bertz CT molecular complexity index is 1200. The highest BCUT2D eigenvalue weighted by molar-refractivity contribution is 7.20. The van der Waals surface area contributed by atoms with Crippen molar-refractivity contribution < 1.29 is 4.74 Å². The van der Waals surface area contributed by atoms with E-state index in [1.807, 2.05) is 42.6 Å². The highest BCUT2D eigenvalue weighted by Gasteiger charge is 2.16. The average Bonchev–Trinajstić information content (AvgIpc) is 3.34. The molecule has 1 N–H and O–H groups in total. The molecule has 0 aliphatic carbocycles. The summed E-state index contributed by atoms with van der Waals surface area (Å²) in [5.74, 6) is 1.48. The maximum atomic E-state index is 5.30. The van der Waals surface area contributed by atoms with E-state index >= 15 is 0 Å². The molecule has 0 atom stereocenters. The van der Waals surface area contributed by atoms with Crippen molar-refractivity contribution >= 4 is 27.2 Å². The lowest BCUT2D eigenvalue weighted by Gasteiger charge is -2.01. The summed E-state index contributed by atoms with van der Waals surface area (Å²) in [6.45, 7) is 0. The van der Waals surface area contributed by atoms with E-state index in [-0.39, 0.29) is 0 Å². The lowest BCUT2D eigenvalue weighted by molar-refractivity contribution is 0.415. The van der Waals surface area contributed by atoms with Crippen molar-refractivity contribution in [2.75, 3.05) is 7.11 Å². The number of nitrogens with zero attached hydrogens (tertiary/aromatic N) is 4. The third-order valence-corrected chi connectivity index (χ3v) is 5.07. The average molecular weight is 347 g/mol. The second kappa shape index (κ2) is 5.42. The van der Waals surface area contributed by atoms with Crippen LogP contribution < -0.4 is 4.74 Å². The molecule has 0 aliphatic heterocycles. The van der Waals surface area contributed by atoms with Gasteiger partial charge in [0.15, 0.2) is 5.82 Å². The van der Waals surface area contributed by atoms with Crippen LogP contribution >= 0.6 is 11.3 Å². The molecule has 3 heterocycles. The lowest BCUT2D eigenvalue weighted by Crippen LogP contribution is -1.91. The number of H-pyrrole nitrogens is 1. The number of hydrogen-bond acceptors (Lipinski definition) is 5. The molecule has 0 saturated heterocycles. The summed E-state index contributed by atoms with van der Waals surface area (Å²) in [5.41, 5.74) is 3.09. The Kier molecular flexibility index (Phi) is 3.07. The standard InChI is InChI=1S/C18H13N5OS/c1-24-12-6-4-5-11(9-12)16-20-21-18-23(16)22-17(25-18)14-10-19-15-8-3-2-7-13(14)15/h2-10,19H,1H3. The van der Waals surface area contributed by atoms with Crippen LogP contribution in [0.1, 0.15) is 0 Å². The summed E-state index contributed by atoms with van der Waals surface area (Å²) >= 11 is 1.52. The number of hydrogen-bond donors (Lipinski definition) is 1. The van der Waals surface area contributed by atoms with Gasteiger partial charge in [0.1, 0.15) is 10.8 Å². The molecule has 0 spiro atoms. The zero-order valence-corrected chi connectivity index (χ0v) is 14.1. The van der Waals surface area contributed by atoms with E-state index in [2.05, 4.69) is 27.3 Å². The Labute approximate surface area is 146 Å². The molecule has 0 amide bonds. The number of para-hydroxylation sites is 1. The van der Waals surface area contributed by atoms with Crippen molar-refractivity contribution in [3.05, 3.63) is 54.7 Å². The number of aromatic amines is 1. The van der Waals surface area contributed by atoms with E-state index in [0.717, 1.165) is 37.7 Å². The highest BCUT2D eigenvalue weighted by atomic mass is 32.1. The van der Waals surface area contributed by atoms with Crippen molar-refractivity contribution in [2.45, 2.75) is 0 Å². The van der Waals surface area contributed by atoms with Gasteiger partial charge < -0.3 is 9.72 Å². The number of methoxy groups -OCH3 is 1. The molecule has 0 aliphatic rings. The van der Waals surface area contributed by atoms with Gasteiger partial charge in [-0.3, -0.25) is 0 Å². The number of nitrogens with one attached hydrogen (secondary N) is 1. The highest BCUT2D eigenvalue weighted by Crippen LogP contribution is 2.33. The minimum atomic E-state index is 0.705. The van der Waals surface area contributed by atoms with Gasteiger partial charge in [-0.25, -0.2) is 0 Å². The Morgan fingerprint density at radius 2 is 2.00 bits per heavy atom. The van der Waals surface area contributed by atoms with E-state index in [9.17, 15) is 0 Å². The fourth-order valence-electron chi connectivity index (χ4n) is 2.92. The Hall–Kier alpha value is -3.19. The molecule has 0 saturated carbocycles. The minimum absolute atomic E-state index is 0.705. The molecule has 122 valence electrons. The van der Waals surface area contributed by atoms with Crippen LogP contribution in [0.15, 0.2) is 54.7 Å². The zero-order valence-electron chi connectivity index (χ0n) is 13.3. The van der Waals surface area contributed by atoms with Crippen LogP contribution in [0.4, 0.5) is 0 Å². The van der Waals surface area contributed by atoms with Crippen LogP contribution in [0.25, 0.3) is 37.8 Å². The first-order valence-electron chi connectivity index (χ1n) is 7.76. The van der Waals surface area contributed by atoms with E-state index in [1.165, 1.54) is 11.3 Å². The summed E-state index contributed by atoms with van der Waals surface area (Å²) in [4.78, 5) is 4.05. The van der Waals surface area contributed by atoms with Crippen molar-refractivity contribution in [3.63, 3.8) is 0 Å². The largest absolute Gasteiger partial charge is 0.497 e. The fourth-order valence-corrected chi connectivity index (χ4v) is 3.79. The monoisotopic (exact) mass is 347 g/mol. The van der Waals surface area contributed by atoms with E-state index < -0.39 is 0 Å². The van der Waals surface area contributed by atoms with Crippen molar-refractivity contribution in [2.24, 2.45) is 0 Å². The Morgan fingerprint density at radius 3 is 2.92 bits per heavy atom. The molecule has 25 heavy (non-hydrogen) atoms. The fraction of sp³-hybridized carbons (Fsp3) is 0.0556. The Balaban J connectivity index is 1.67. The number of ether oxygens (including phenoxy) is 1. The Morgan fingerprint density at radius 1 is 1.08 bits per heavy atom. The van der Waals surface area contributed by atoms with Gasteiger partial charge in [-0.05, 0) is 18.2 Å². The molecule has 2 aromatic carbocycles. The predicted molar refractivity (Wildman–Crippen MR) is 97.9 cm³/mol. The first-order valence-corrected chi connectivity index (χ1v) is 8.58. The molecule has 0 bridgehead atoms. The number of benzene rings is 2. The van der Waals surface area contributed by atoms with Gasteiger partial charge in [0.05, 0.1) is 7.11 Å². The van der Waals surface area contributed by atoms with Crippen LogP contribution in [-0.4, -0.2) is 31.9 Å². The van der Waals surface area contributed by atoms with Gasteiger partial charge in [0, 0.05) is 28.2 Å². The van der Waals surface area contributed by atoms with Gasteiger partial charge >= 0.3 is 0 Å². The molecule has 0 radical (unpaired) electrons. The summed E-state index contributed by atoms with van der Waals surface area (Å²) < 4.78 is 7.09. The van der Waals surface area contributed by atoms with Crippen molar-refractivity contribution in [1.29, 1.82) is 0 Å². The molecular formula is C18H13N5OS. The van der Waals surface area contributed by atoms with Gasteiger partial charge in [-0.15, -0.1) is 10.2 Å². The quantitative estimate of drug-likeness (QED) is 0.535. The molecule has 7 heteroatoms. The van der Waals surface area contributed by atoms with Crippen LogP contribution in [-0.2, 0) is 0 Å². The van der Waals surface area contributed by atoms with Gasteiger partial charge in [0.25, 0.3) is 0 Å². The molecule has 0 unspecified atom stereocenters. The lowest BCUT2D eigenvalue weighted by atomic mass is 10.2. The second-order valence-corrected chi connectivity index (χ2v) is 6.56. The van der Waals surface area contributed by atoms with Crippen LogP contribution in [0.5, 0.6) is 5.75 Å². The molecule has 5 aromatic rings. The number of rotatable bonds is 3. The SMILES string of the molecule is COc1cccc(-c2nnc3sc(-c4c[nH]c5ccccc45)nn23)c1. The first kappa shape index (κ1) is 14.2. The maximum absolute atomic E-state index is 5.30. The van der Waals surface area contributed by atoms with E-state index in [1.54, 1.807) is 11.6 Å². The minimum Gasteiger partial charge on any atom is -0.497 e. The summed E-state index contributed by atoms with van der Waals surface area (Å²) in [7, 11) is 1.65. The first-order chi connectivity index (χ1) is 12.3. The molecular weight excluding hydrogens is 334 g/mol. The number of fused-ring (bicyclic) bond motifs is 2. The van der Waals surface area contributed by atoms with Gasteiger partial charge in [-0.1, -0.05) is 41.7 Å². The maximum Gasteiger partial charge on any atom is 0.235 e. The van der Waals surface area contributed by atoms with Crippen LogP contribution in [0.3, 0.4) is 0 Å². The van der Waals surface area contributed by atoms with Gasteiger partial charge in [0.2, 0.25) is 4.96 Å². The molecule has 6 nitrogen and oxygen atoms in total. The normalized spacial score (nSPS) is 11.4. The van der Waals surface area contributed by atoms with Crippen molar-refractivity contribution in [1.82, 2.24) is 24.8 Å². The zero-order chi connectivity index (χ0) is 16.8. The third kappa shape index (κ3) is 2.20. The van der Waals surface area contributed by atoms with E-state index in [0.29, 0.717) is 5.82 Å². The van der Waals surface area contributed by atoms with E-state index in [4.69, 9.17) is 9.84 Å².